The summed E-state index contributed by atoms with van der Waals surface area (Å²) >= 11 is 0. The van der Waals surface area contributed by atoms with Gasteiger partial charge in [0, 0.05) is 19.5 Å². The fraction of sp³-hybridized carbons (Fsp3) is 0.429. The van der Waals surface area contributed by atoms with Crippen molar-refractivity contribution in [1.29, 1.82) is 0 Å². The third-order valence-electron chi connectivity index (χ3n) is 3.15. The summed E-state index contributed by atoms with van der Waals surface area (Å²) in [5.41, 5.74) is 2.46. The highest BCUT2D eigenvalue weighted by Gasteiger charge is 2.19. The van der Waals surface area contributed by atoms with Gasteiger partial charge in [0.25, 0.3) is 0 Å². The van der Waals surface area contributed by atoms with E-state index in [9.17, 15) is 9.59 Å². The summed E-state index contributed by atoms with van der Waals surface area (Å²) in [6, 6.07) is 8.29. The first kappa shape index (κ1) is 12.6. The highest BCUT2D eigenvalue weighted by Crippen LogP contribution is 2.07. The van der Waals surface area contributed by atoms with Gasteiger partial charge in [-0.2, -0.15) is 0 Å². The first-order chi connectivity index (χ1) is 8.65. The SMILES string of the molecule is Cc1cccc(CCN2CCC(=O)NCC2=O)c1. The molecule has 1 aliphatic heterocycles. The van der Waals surface area contributed by atoms with Gasteiger partial charge in [0.1, 0.15) is 0 Å². The van der Waals surface area contributed by atoms with E-state index in [1.165, 1.54) is 11.1 Å². The zero-order valence-corrected chi connectivity index (χ0v) is 10.6. The van der Waals surface area contributed by atoms with Crippen molar-refractivity contribution in [1.82, 2.24) is 10.2 Å². The first-order valence-electron chi connectivity index (χ1n) is 6.25. The number of hydrogen-bond donors (Lipinski definition) is 1. The van der Waals surface area contributed by atoms with Crippen LogP contribution in [0, 0.1) is 6.92 Å². The van der Waals surface area contributed by atoms with Crippen molar-refractivity contribution in [2.24, 2.45) is 0 Å². The first-order valence-corrected chi connectivity index (χ1v) is 6.25. The summed E-state index contributed by atoms with van der Waals surface area (Å²) in [5, 5.41) is 2.60. The number of nitrogens with zero attached hydrogens (tertiary/aromatic N) is 1. The zero-order valence-electron chi connectivity index (χ0n) is 10.6. The van der Waals surface area contributed by atoms with Crippen LogP contribution in [-0.4, -0.2) is 36.3 Å². The van der Waals surface area contributed by atoms with E-state index in [1.54, 1.807) is 4.90 Å². The molecule has 1 aromatic carbocycles. The lowest BCUT2D eigenvalue weighted by Gasteiger charge is -2.19. The lowest BCUT2D eigenvalue weighted by atomic mass is 10.1. The van der Waals surface area contributed by atoms with Crippen molar-refractivity contribution in [3.05, 3.63) is 35.4 Å². The minimum absolute atomic E-state index is 0.00787. The van der Waals surface area contributed by atoms with Gasteiger partial charge in [0.15, 0.2) is 0 Å². The fourth-order valence-electron chi connectivity index (χ4n) is 2.10. The predicted octanol–water partition coefficient (Wildman–Crippen LogP) is 0.886. The minimum atomic E-state index is -0.0404. The van der Waals surface area contributed by atoms with E-state index < -0.39 is 0 Å². The van der Waals surface area contributed by atoms with Gasteiger partial charge in [-0.1, -0.05) is 29.8 Å². The quantitative estimate of drug-likeness (QED) is 0.861. The molecule has 1 heterocycles. The van der Waals surface area contributed by atoms with Crippen LogP contribution >= 0.6 is 0 Å². The Morgan fingerprint density at radius 2 is 2.17 bits per heavy atom. The number of aryl methyl sites for hydroxylation is 1. The third-order valence-corrected chi connectivity index (χ3v) is 3.15. The van der Waals surface area contributed by atoms with Gasteiger partial charge < -0.3 is 10.2 Å². The van der Waals surface area contributed by atoms with Gasteiger partial charge in [-0.25, -0.2) is 0 Å². The summed E-state index contributed by atoms with van der Waals surface area (Å²) in [4.78, 5) is 24.7. The Bertz CT molecular complexity index is 457. The average Bonchev–Trinajstić information content (AvgIpc) is 2.50. The molecule has 1 aromatic rings. The Morgan fingerprint density at radius 3 is 2.94 bits per heavy atom. The summed E-state index contributed by atoms with van der Waals surface area (Å²) in [6.45, 7) is 3.39. The summed E-state index contributed by atoms with van der Waals surface area (Å²) in [5.74, 6) is -0.0325. The van der Waals surface area contributed by atoms with E-state index in [0.29, 0.717) is 19.5 Å². The Hall–Kier alpha value is -1.84. The monoisotopic (exact) mass is 246 g/mol. The van der Waals surface area contributed by atoms with Crippen molar-refractivity contribution >= 4 is 11.8 Å². The van der Waals surface area contributed by atoms with Crippen LogP contribution in [-0.2, 0) is 16.0 Å². The van der Waals surface area contributed by atoms with Gasteiger partial charge in [0.05, 0.1) is 6.54 Å². The molecule has 96 valence electrons. The Balaban J connectivity index is 1.92. The van der Waals surface area contributed by atoms with Crippen LogP contribution in [0.4, 0.5) is 0 Å². The van der Waals surface area contributed by atoms with E-state index in [4.69, 9.17) is 0 Å². The Kier molecular flexibility index (Phi) is 3.97. The molecule has 0 bridgehead atoms. The van der Waals surface area contributed by atoms with Crippen molar-refractivity contribution in [2.75, 3.05) is 19.6 Å². The second kappa shape index (κ2) is 5.67. The van der Waals surface area contributed by atoms with Crippen LogP contribution in [0.15, 0.2) is 24.3 Å². The van der Waals surface area contributed by atoms with Crippen LogP contribution in [0.3, 0.4) is 0 Å². The molecule has 1 N–H and O–H groups in total. The van der Waals surface area contributed by atoms with Gasteiger partial charge in [-0.05, 0) is 18.9 Å². The molecule has 0 unspecified atom stereocenters. The summed E-state index contributed by atoms with van der Waals surface area (Å²) in [6.07, 6.45) is 1.24. The molecule has 4 nitrogen and oxygen atoms in total. The summed E-state index contributed by atoms with van der Waals surface area (Å²) < 4.78 is 0. The topological polar surface area (TPSA) is 49.4 Å². The van der Waals surface area contributed by atoms with E-state index in [2.05, 4.69) is 30.4 Å². The maximum Gasteiger partial charge on any atom is 0.241 e. The molecule has 0 aliphatic carbocycles. The van der Waals surface area contributed by atoms with E-state index in [1.807, 2.05) is 6.07 Å². The molecular formula is C14H18N2O2. The molecular weight excluding hydrogens is 228 g/mol. The molecule has 1 saturated heterocycles. The largest absolute Gasteiger partial charge is 0.347 e. The number of carbonyl (C=O) groups is 2. The molecule has 1 aliphatic rings. The standard InChI is InChI=1S/C14H18N2O2/c1-11-3-2-4-12(9-11)5-7-16-8-6-13(17)15-10-14(16)18/h2-4,9H,5-8,10H2,1H3,(H,15,17). The highest BCUT2D eigenvalue weighted by atomic mass is 16.2. The molecule has 0 spiro atoms. The van der Waals surface area contributed by atoms with Crippen molar-refractivity contribution < 1.29 is 9.59 Å². The Labute approximate surface area is 107 Å². The second-order valence-electron chi connectivity index (χ2n) is 4.65. The number of hydrogen-bond acceptors (Lipinski definition) is 2. The van der Waals surface area contributed by atoms with Crippen molar-refractivity contribution in [3.63, 3.8) is 0 Å². The lowest BCUT2D eigenvalue weighted by Crippen LogP contribution is -2.36. The van der Waals surface area contributed by atoms with Gasteiger partial charge >= 0.3 is 0 Å². The number of benzene rings is 1. The molecule has 2 rings (SSSR count). The Morgan fingerprint density at radius 1 is 1.33 bits per heavy atom. The normalized spacial score (nSPS) is 16.4. The fourth-order valence-corrected chi connectivity index (χ4v) is 2.10. The molecule has 18 heavy (non-hydrogen) atoms. The highest BCUT2D eigenvalue weighted by molar-refractivity contribution is 5.87. The van der Waals surface area contributed by atoms with Crippen LogP contribution in [0.1, 0.15) is 17.5 Å². The average molecular weight is 246 g/mol. The molecule has 0 saturated carbocycles. The van der Waals surface area contributed by atoms with Crippen molar-refractivity contribution in [3.8, 4) is 0 Å². The molecule has 0 atom stereocenters. The van der Waals surface area contributed by atoms with E-state index in [0.717, 1.165) is 6.42 Å². The van der Waals surface area contributed by atoms with Gasteiger partial charge in [-0.15, -0.1) is 0 Å². The minimum Gasteiger partial charge on any atom is -0.347 e. The number of carbonyl (C=O) groups excluding carboxylic acids is 2. The maximum absolute atomic E-state index is 11.8. The van der Waals surface area contributed by atoms with Gasteiger partial charge in [-0.3, -0.25) is 9.59 Å². The van der Waals surface area contributed by atoms with Gasteiger partial charge in [0.2, 0.25) is 11.8 Å². The summed E-state index contributed by atoms with van der Waals surface area (Å²) in [7, 11) is 0. The van der Waals surface area contributed by atoms with Crippen LogP contribution in [0.25, 0.3) is 0 Å². The molecule has 0 aromatic heterocycles. The molecule has 0 radical (unpaired) electrons. The lowest BCUT2D eigenvalue weighted by molar-refractivity contribution is -0.130. The zero-order chi connectivity index (χ0) is 13.0. The molecule has 4 heteroatoms. The molecule has 2 amide bonds. The van der Waals surface area contributed by atoms with Crippen LogP contribution in [0.2, 0.25) is 0 Å². The number of amides is 2. The molecule has 1 fully saturated rings. The van der Waals surface area contributed by atoms with E-state index in [-0.39, 0.29) is 18.4 Å². The van der Waals surface area contributed by atoms with Crippen LogP contribution < -0.4 is 5.32 Å². The predicted molar refractivity (Wildman–Crippen MR) is 69.1 cm³/mol. The van der Waals surface area contributed by atoms with Crippen molar-refractivity contribution in [2.45, 2.75) is 19.8 Å². The maximum atomic E-state index is 11.8. The second-order valence-corrected chi connectivity index (χ2v) is 4.65. The van der Waals surface area contributed by atoms with Crippen LogP contribution in [0.5, 0.6) is 0 Å². The smallest absolute Gasteiger partial charge is 0.241 e. The number of nitrogens with one attached hydrogen (secondary N) is 1. The third kappa shape index (κ3) is 3.32. The number of rotatable bonds is 3. The van der Waals surface area contributed by atoms with E-state index >= 15 is 0 Å².